The number of hydrogen-bond donors (Lipinski definition) is 1. The number of halogens is 1. The Kier molecular flexibility index (Phi) is 5.52. The monoisotopic (exact) mass is 294 g/mol. The van der Waals surface area contributed by atoms with Crippen LogP contribution in [-0.4, -0.2) is 42.2 Å². The Hall–Kier alpha value is -1.43. The zero-order chi connectivity index (χ0) is 14.4. The predicted octanol–water partition coefficient (Wildman–Crippen LogP) is 2.43. The highest BCUT2D eigenvalue weighted by Crippen LogP contribution is 2.24. The molecule has 2 aromatic rings. The van der Waals surface area contributed by atoms with Crippen molar-refractivity contribution in [2.24, 2.45) is 0 Å². The largest absolute Gasteiger partial charge is 0.338 e. The summed E-state index contributed by atoms with van der Waals surface area (Å²) in [5.41, 5.74) is 0.794. The summed E-state index contributed by atoms with van der Waals surface area (Å²) in [4.78, 5) is 6.54. The van der Waals surface area contributed by atoms with Gasteiger partial charge in [-0.3, -0.25) is 4.90 Å². The van der Waals surface area contributed by atoms with Gasteiger partial charge < -0.3 is 9.84 Å². The zero-order valence-electron chi connectivity index (χ0n) is 11.8. The van der Waals surface area contributed by atoms with E-state index in [1.54, 1.807) is 0 Å². The standard InChI is InChI=1S/C14H19ClN4O/c1-16-8-5-9-19(2)10-13-17-14(18-20-13)11-6-3-4-7-12(11)15/h3-4,6-7,16H,5,8-10H2,1-2H3. The fraction of sp³-hybridized carbons (Fsp3) is 0.429. The molecular weight excluding hydrogens is 276 g/mol. The summed E-state index contributed by atoms with van der Waals surface area (Å²) in [7, 11) is 3.99. The van der Waals surface area contributed by atoms with E-state index in [2.05, 4.69) is 20.4 Å². The molecule has 1 heterocycles. The Labute approximate surface area is 123 Å². The SMILES string of the molecule is CNCCCN(C)Cc1nc(-c2ccccc2Cl)no1. The topological polar surface area (TPSA) is 54.2 Å². The van der Waals surface area contributed by atoms with Gasteiger partial charge in [-0.05, 0) is 45.7 Å². The van der Waals surface area contributed by atoms with Crippen molar-refractivity contribution in [3.05, 3.63) is 35.2 Å². The Balaban J connectivity index is 1.97. The fourth-order valence-corrected chi connectivity index (χ4v) is 2.13. The predicted molar refractivity (Wildman–Crippen MR) is 79.6 cm³/mol. The zero-order valence-corrected chi connectivity index (χ0v) is 12.5. The molecule has 0 atom stereocenters. The number of nitrogens with zero attached hydrogens (tertiary/aromatic N) is 3. The van der Waals surface area contributed by atoms with E-state index in [1.165, 1.54) is 0 Å². The van der Waals surface area contributed by atoms with E-state index >= 15 is 0 Å². The molecule has 0 bridgehead atoms. The van der Waals surface area contributed by atoms with Crippen LogP contribution >= 0.6 is 11.6 Å². The summed E-state index contributed by atoms with van der Waals surface area (Å²) in [5, 5.41) is 7.74. The first kappa shape index (κ1) is 15.0. The van der Waals surface area contributed by atoms with Crippen LogP contribution in [0, 0.1) is 0 Å². The molecule has 5 nitrogen and oxygen atoms in total. The van der Waals surface area contributed by atoms with Crippen molar-refractivity contribution in [3.8, 4) is 11.4 Å². The second-order valence-electron chi connectivity index (χ2n) is 4.69. The van der Waals surface area contributed by atoms with E-state index in [0.717, 1.165) is 25.1 Å². The molecule has 0 spiro atoms. The van der Waals surface area contributed by atoms with Crippen LogP contribution in [0.1, 0.15) is 12.3 Å². The molecule has 0 aliphatic heterocycles. The Morgan fingerprint density at radius 3 is 2.90 bits per heavy atom. The van der Waals surface area contributed by atoms with Crippen LogP contribution in [0.25, 0.3) is 11.4 Å². The number of nitrogens with one attached hydrogen (secondary N) is 1. The maximum Gasteiger partial charge on any atom is 0.241 e. The molecule has 0 fully saturated rings. The maximum atomic E-state index is 6.12. The molecule has 0 aliphatic rings. The number of hydrogen-bond acceptors (Lipinski definition) is 5. The van der Waals surface area contributed by atoms with Gasteiger partial charge in [0, 0.05) is 5.56 Å². The minimum absolute atomic E-state index is 0.536. The van der Waals surface area contributed by atoms with E-state index in [4.69, 9.17) is 16.1 Å². The van der Waals surface area contributed by atoms with Gasteiger partial charge in [-0.2, -0.15) is 4.98 Å². The lowest BCUT2D eigenvalue weighted by Crippen LogP contribution is -2.22. The maximum absolute atomic E-state index is 6.12. The first-order valence-corrected chi connectivity index (χ1v) is 6.99. The first-order chi connectivity index (χ1) is 9.70. The van der Waals surface area contributed by atoms with Gasteiger partial charge in [0.1, 0.15) is 0 Å². The molecule has 0 amide bonds. The van der Waals surface area contributed by atoms with Gasteiger partial charge in [0.15, 0.2) is 0 Å². The summed E-state index contributed by atoms with van der Waals surface area (Å²) in [6, 6.07) is 7.48. The van der Waals surface area contributed by atoms with Gasteiger partial charge >= 0.3 is 0 Å². The van der Waals surface area contributed by atoms with Crippen molar-refractivity contribution in [2.75, 3.05) is 27.2 Å². The lowest BCUT2D eigenvalue weighted by molar-refractivity contribution is 0.264. The van der Waals surface area contributed by atoms with Crippen molar-refractivity contribution in [1.29, 1.82) is 0 Å². The van der Waals surface area contributed by atoms with Crippen LogP contribution in [0.5, 0.6) is 0 Å². The molecule has 0 radical (unpaired) electrons. The molecule has 0 unspecified atom stereocenters. The van der Waals surface area contributed by atoms with Crippen LogP contribution in [-0.2, 0) is 6.54 Å². The number of rotatable bonds is 7. The fourth-order valence-electron chi connectivity index (χ4n) is 1.91. The van der Waals surface area contributed by atoms with Crippen LogP contribution in [0.2, 0.25) is 5.02 Å². The molecule has 1 N–H and O–H groups in total. The Bertz CT molecular complexity index is 543. The normalized spacial score (nSPS) is 11.2. The van der Waals surface area contributed by atoms with Crippen LogP contribution in [0.3, 0.4) is 0 Å². The van der Waals surface area contributed by atoms with Crippen LogP contribution in [0.15, 0.2) is 28.8 Å². The summed E-state index contributed by atoms with van der Waals surface area (Å²) < 4.78 is 5.27. The van der Waals surface area contributed by atoms with Crippen molar-refractivity contribution < 1.29 is 4.52 Å². The third kappa shape index (κ3) is 4.03. The van der Waals surface area contributed by atoms with E-state index in [-0.39, 0.29) is 0 Å². The molecule has 1 aromatic heterocycles. The van der Waals surface area contributed by atoms with E-state index in [0.29, 0.717) is 23.3 Å². The second-order valence-corrected chi connectivity index (χ2v) is 5.09. The lowest BCUT2D eigenvalue weighted by atomic mass is 10.2. The average Bonchev–Trinajstić information content (AvgIpc) is 2.88. The second kappa shape index (κ2) is 7.38. The molecule has 108 valence electrons. The lowest BCUT2D eigenvalue weighted by Gasteiger charge is -2.13. The molecule has 2 rings (SSSR count). The first-order valence-electron chi connectivity index (χ1n) is 6.61. The van der Waals surface area contributed by atoms with E-state index < -0.39 is 0 Å². The summed E-state index contributed by atoms with van der Waals surface area (Å²) >= 11 is 6.12. The molecule has 0 saturated carbocycles. The summed E-state index contributed by atoms with van der Waals surface area (Å²) in [6.45, 7) is 2.62. The van der Waals surface area contributed by atoms with E-state index in [9.17, 15) is 0 Å². The Morgan fingerprint density at radius 1 is 1.35 bits per heavy atom. The molecular formula is C14H19ClN4O. The third-order valence-electron chi connectivity index (χ3n) is 2.95. The Morgan fingerprint density at radius 2 is 2.15 bits per heavy atom. The molecule has 0 aliphatic carbocycles. The van der Waals surface area contributed by atoms with Crippen molar-refractivity contribution >= 4 is 11.6 Å². The van der Waals surface area contributed by atoms with Gasteiger partial charge in [0.05, 0.1) is 11.6 Å². The van der Waals surface area contributed by atoms with Gasteiger partial charge in [0.2, 0.25) is 11.7 Å². The van der Waals surface area contributed by atoms with Crippen molar-refractivity contribution in [3.63, 3.8) is 0 Å². The minimum atomic E-state index is 0.536. The van der Waals surface area contributed by atoms with Crippen LogP contribution < -0.4 is 5.32 Å². The summed E-state index contributed by atoms with van der Waals surface area (Å²) in [5.74, 6) is 1.14. The van der Waals surface area contributed by atoms with Gasteiger partial charge in [-0.25, -0.2) is 0 Å². The van der Waals surface area contributed by atoms with Crippen molar-refractivity contribution in [2.45, 2.75) is 13.0 Å². The third-order valence-corrected chi connectivity index (χ3v) is 3.28. The van der Waals surface area contributed by atoms with Gasteiger partial charge in [-0.1, -0.05) is 28.9 Å². The highest BCUT2D eigenvalue weighted by molar-refractivity contribution is 6.33. The van der Waals surface area contributed by atoms with Gasteiger partial charge in [0.25, 0.3) is 0 Å². The number of benzene rings is 1. The van der Waals surface area contributed by atoms with Crippen LogP contribution in [0.4, 0.5) is 0 Å². The minimum Gasteiger partial charge on any atom is -0.338 e. The number of aromatic nitrogens is 2. The molecule has 6 heteroatoms. The molecule has 1 aromatic carbocycles. The van der Waals surface area contributed by atoms with Gasteiger partial charge in [-0.15, -0.1) is 0 Å². The highest BCUT2D eigenvalue weighted by Gasteiger charge is 2.12. The molecule has 20 heavy (non-hydrogen) atoms. The summed E-state index contributed by atoms with van der Waals surface area (Å²) in [6.07, 6.45) is 1.08. The smallest absolute Gasteiger partial charge is 0.241 e. The quantitative estimate of drug-likeness (QED) is 0.795. The van der Waals surface area contributed by atoms with E-state index in [1.807, 2.05) is 38.4 Å². The highest BCUT2D eigenvalue weighted by atomic mass is 35.5. The average molecular weight is 295 g/mol. The van der Waals surface area contributed by atoms with Crippen molar-refractivity contribution in [1.82, 2.24) is 20.4 Å². The molecule has 0 saturated heterocycles.